The molecule has 0 bridgehead atoms. The summed E-state index contributed by atoms with van der Waals surface area (Å²) in [5.41, 5.74) is 5.82. The van der Waals surface area contributed by atoms with Crippen LogP contribution in [-0.4, -0.2) is 50.1 Å². The van der Waals surface area contributed by atoms with Gasteiger partial charge in [0.25, 0.3) is 0 Å². The molecule has 4 atom stereocenters. The first-order valence-electron chi connectivity index (χ1n) is 18.7. The van der Waals surface area contributed by atoms with Gasteiger partial charge in [-0.1, -0.05) is 76.5 Å². The summed E-state index contributed by atoms with van der Waals surface area (Å²) >= 11 is 0. The standard InChI is InChI=1S/2C20H22NP.2C5H5.3Fe/c2*1-16(21(2)3)19-14-9-15-20(19)22(18-12-7-8-13-18)17-10-5-4-6-11-17;2*1-2-4-5-3-1;;;/h2*4-16H,1-3H3;2*1-5H;;;. The van der Waals surface area contributed by atoms with E-state index in [2.05, 4.69) is 202 Å². The van der Waals surface area contributed by atoms with Crippen LogP contribution < -0.4 is 10.6 Å². The van der Waals surface area contributed by atoms with E-state index in [9.17, 15) is 0 Å². The third-order valence-corrected chi connectivity index (χ3v) is 14.6. The molecule has 0 aromatic heterocycles. The van der Waals surface area contributed by atoms with Crippen LogP contribution in [0.3, 0.4) is 0 Å². The first-order chi connectivity index (χ1) is 26.4. The number of hydrogen-bond donors (Lipinski definition) is 0. The Morgan fingerprint density at radius 3 is 0.895 bits per heavy atom. The zero-order valence-electron chi connectivity index (χ0n) is 33.6. The van der Waals surface area contributed by atoms with Crippen molar-refractivity contribution >= 4 is 26.5 Å². The summed E-state index contributed by atoms with van der Waals surface area (Å²) in [4.78, 5) is 4.56. The molecule has 2 aromatic rings. The Morgan fingerprint density at radius 1 is 0.351 bits per heavy atom. The van der Waals surface area contributed by atoms with Crippen LogP contribution in [0.5, 0.6) is 0 Å². The van der Waals surface area contributed by atoms with Crippen LogP contribution in [0.15, 0.2) is 60.7 Å². The maximum Gasteiger partial charge on any atom is 0.0173 e. The first kappa shape index (κ1) is 53.9. The van der Waals surface area contributed by atoms with Gasteiger partial charge in [0, 0.05) is 97.8 Å². The Balaban J connectivity index is 0.000000302. The Morgan fingerprint density at radius 2 is 0.632 bits per heavy atom. The average Bonchev–Trinajstić information content (AvgIpc) is 4.05. The minimum Gasteiger partial charge on any atom is -0.306 e. The molecule has 0 spiro atoms. The minimum atomic E-state index is -0.477. The zero-order chi connectivity index (χ0) is 38.1. The fourth-order valence-corrected chi connectivity index (χ4v) is 11.3. The molecule has 7 heteroatoms. The van der Waals surface area contributed by atoms with Crippen molar-refractivity contribution < 1.29 is 51.2 Å². The van der Waals surface area contributed by atoms with Gasteiger partial charge in [0.05, 0.1) is 0 Å². The predicted molar refractivity (Wildman–Crippen MR) is 235 cm³/mol. The summed E-state index contributed by atoms with van der Waals surface area (Å²) in [6.45, 7) is 4.56. The summed E-state index contributed by atoms with van der Waals surface area (Å²) in [5.74, 6) is 2.89. The predicted octanol–water partition coefficient (Wildman–Crippen LogP) is 9.71. The van der Waals surface area contributed by atoms with Gasteiger partial charge in [0.15, 0.2) is 0 Å². The number of hydrogen-bond acceptors (Lipinski definition) is 2. The molecule has 57 heavy (non-hydrogen) atoms. The summed E-state index contributed by atoms with van der Waals surface area (Å²) < 4.78 is 0. The van der Waals surface area contributed by atoms with E-state index in [1.165, 1.54) is 45.1 Å². The SMILES string of the molecule is CC([C]1[CH][CH][CH][C]1P([C]1[CH][CH][CH][CH]1)c1ccccc1)N(C)C.CC([C]1[CH][CH][CH][C]1P([C]1[CH][CH][CH][CH]1)c1ccccc1)N(C)C.[CH]1[CH][CH][CH][CH]1.[CH]1[CH][CH][CH][CH]1.[Fe].[Fe].[Fe]. The van der Waals surface area contributed by atoms with E-state index >= 15 is 0 Å². The molecule has 0 saturated heterocycles. The van der Waals surface area contributed by atoms with E-state index in [0.29, 0.717) is 12.1 Å². The van der Waals surface area contributed by atoms with Gasteiger partial charge >= 0.3 is 0 Å². The average molecular weight is 912 g/mol. The Bertz CT molecular complexity index is 1140. The van der Waals surface area contributed by atoms with Crippen molar-refractivity contribution in [1.82, 2.24) is 9.80 Å². The largest absolute Gasteiger partial charge is 0.306 e. The molecule has 298 valence electrons. The van der Waals surface area contributed by atoms with Crippen molar-refractivity contribution in [2.75, 3.05) is 28.2 Å². The summed E-state index contributed by atoms with van der Waals surface area (Å²) in [6.07, 6.45) is 51.2. The van der Waals surface area contributed by atoms with Gasteiger partial charge in [-0.3, -0.25) is 0 Å². The molecular formula is C50H54Fe3N2P2. The Kier molecular flexibility index (Phi) is 28.3. The smallest absolute Gasteiger partial charge is 0.0173 e. The quantitative estimate of drug-likeness (QED) is 0.173. The number of benzene rings is 2. The fourth-order valence-electron chi connectivity index (χ4n) is 6.20. The second-order valence-corrected chi connectivity index (χ2v) is 17.9. The third-order valence-electron chi connectivity index (χ3n) is 9.53. The molecule has 6 saturated carbocycles. The minimum absolute atomic E-state index is 0. The van der Waals surface area contributed by atoms with Crippen molar-refractivity contribution in [3.05, 3.63) is 249 Å². The number of rotatable bonds is 10. The molecule has 4 unspecified atom stereocenters. The van der Waals surface area contributed by atoms with E-state index in [1.54, 1.807) is 0 Å². The van der Waals surface area contributed by atoms with Crippen molar-refractivity contribution in [3.63, 3.8) is 0 Å². The molecule has 8 rings (SSSR count). The molecule has 0 heterocycles. The summed E-state index contributed by atoms with van der Waals surface area (Å²) in [6, 6.07) is 22.7. The molecule has 30 radical (unpaired) electrons. The van der Waals surface area contributed by atoms with Crippen LogP contribution in [0.4, 0.5) is 0 Å². The summed E-state index contributed by atoms with van der Waals surface area (Å²) in [7, 11) is 7.64. The van der Waals surface area contributed by atoms with E-state index in [4.69, 9.17) is 0 Å². The normalized spacial score (nSPS) is 22.9. The van der Waals surface area contributed by atoms with Crippen LogP contribution in [0.2, 0.25) is 0 Å². The monoisotopic (exact) mass is 912 g/mol. The van der Waals surface area contributed by atoms with Crippen LogP contribution in [0, 0.1) is 189 Å². The van der Waals surface area contributed by atoms with Crippen LogP contribution in [0.1, 0.15) is 13.8 Å². The molecular weight excluding hydrogens is 858 g/mol. The van der Waals surface area contributed by atoms with Gasteiger partial charge in [-0.2, -0.15) is 0 Å². The van der Waals surface area contributed by atoms with Crippen molar-refractivity contribution in [3.8, 4) is 0 Å². The van der Waals surface area contributed by atoms with E-state index in [0.717, 1.165) is 0 Å². The van der Waals surface area contributed by atoms with E-state index in [-0.39, 0.29) is 51.2 Å². The maximum absolute atomic E-state index is 2.31. The second-order valence-electron chi connectivity index (χ2n) is 13.6. The van der Waals surface area contributed by atoms with Crippen LogP contribution in [0.25, 0.3) is 0 Å². The Hall–Kier alpha value is 0.778. The molecule has 0 amide bonds. The van der Waals surface area contributed by atoms with Crippen molar-refractivity contribution in [1.29, 1.82) is 0 Å². The molecule has 6 fully saturated rings. The molecule has 2 nitrogen and oxygen atoms in total. The number of nitrogens with zero attached hydrogens (tertiary/aromatic N) is 2. The zero-order valence-corrected chi connectivity index (χ0v) is 38.7. The van der Waals surface area contributed by atoms with Crippen LogP contribution in [-0.2, 0) is 51.2 Å². The van der Waals surface area contributed by atoms with Crippen LogP contribution >= 0.6 is 15.8 Å². The third kappa shape index (κ3) is 16.8. The molecule has 0 N–H and O–H groups in total. The van der Waals surface area contributed by atoms with Gasteiger partial charge < -0.3 is 9.80 Å². The van der Waals surface area contributed by atoms with Gasteiger partial charge in [-0.25, -0.2) is 0 Å². The van der Waals surface area contributed by atoms with Gasteiger partial charge in [0.2, 0.25) is 0 Å². The van der Waals surface area contributed by atoms with Crippen molar-refractivity contribution in [2.45, 2.75) is 25.9 Å². The molecule has 6 aliphatic carbocycles. The van der Waals surface area contributed by atoms with Gasteiger partial charge in [-0.15, -0.1) is 0 Å². The summed E-state index contributed by atoms with van der Waals surface area (Å²) in [5, 5.41) is 2.84. The topological polar surface area (TPSA) is 6.48 Å². The van der Waals surface area contributed by atoms with Gasteiger partial charge in [0.1, 0.15) is 0 Å². The van der Waals surface area contributed by atoms with E-state index in [1.807, 2.05) is 64.2 Å². The maximum atomic E-state index is 2.31. The second kappa shape index (κ2) is 30.0. The Labute approximate surface area is 388 Å². The van der Waals surface area contributed by atoms with Gasteiger partial charge in [-0.05, 0) is 207 Å². The fraction of sp³-hybridized carbons (Fsp3) is 0.160. The molecule has 6 aliphatic rings. The van der Waals surface area contributed by atoms with Crippen molar-refractivity contribution in [2.24, 2.45) is 0 Å². The first-order valence-corrected chi connectivity index (χ1v) is 21.4. The molecule has 0 aliphatic heterocycles. The molecule has 2 aromatic carbocycles. The van der Waals surface area contributed by atoms with E-state index < -0.39 is 15.8 Å².